The summed E-state index contributed by atoms with van der Waals surface area (Å²) in [6, 6.07) is 4.16. The molecule has 1 aliphatic rings. The van der Waals surface area contributed by atoms with E-state index in [0.29, 0.717) is 0 Å². The molecule has 0 saturated carbocycles. The van der Waals surface area contributed by atoms with Gasteiger partial charge in [-0.05, 0) is 70.8 Å². The van der Waals surface area contributed by atoms with Crippen molar-refractivity contribution in [2.45, 2.75) is 45.6 Å². The molecule has 0 aromatic carbocycles. The van der Waals surface area contributed by atoms with E-state index in [4.69, 9.17) is 0 Å². The second kappa shape index (κ2) is 9.02. The highest BCUT2D eigenvalue weighted by Crippen LogP contribution is 2.18. The Morgan fingerprint density at radius 1 is 1.46 bits per heavy atom. The normalized spacial score (nSPS) is 17.5. The lowest BCUT2D eigenvalue weighted by molar-refractivity contribution is 0.188. The van der Waals surface area contributed by atoms with Crippen LogP contribution < -0.4 is 5.32 Å². The number of hydrogen-bond donors (Lipinski definition) is 1. The van der Waals surface area contributed by atoms with Crippen LogP contribution in [-0.2, 0) is 6.42 Å². The average Bonchev–Trinajstić information content (AvgIpc) is 2.58. The van der Waals surface area contributed by atoms with Crippen LogP contribution in [0.1, 0.15) is 37.4 Å². The predicted molar refractivity (Wildman–Crippen MR) is 98.1 cm³/mol. The van der Waals surface area contributed by atoms with Gasteiger partial charge in [0.2, 0.25) is 0 Å². The molecule has 2 heterocycles. The summed E-state index contributed by atoms with van der Waals surface area (Å²) in [6.07, 6.45) is 6.18. The lowest BCUT2D eigenvalue weighted by atomic mass is 9.94. The van der Waals surface area contributed by atoms with Gasteiger partial charge in [-0.1, -0.05) is 6.07 Å². The van der Waals surface area contributed by atoms with Gasteiger partial charge in [-0.3, -0.25) is 4.98 Å². The van der Waals surface area contributed by atoms with Gasteiger partial charge in [0.25, 0.3) is 0 Å². The van der Waals surface area contributed by atoms with Crippen molar-refractivity contribution in [2.75, 3.05) is 33.7 Å². The second-order valence-electron chi connectivity index (χ2n) is 7.20. The predicted octanol–water partition coefficient (Wildman–Crippen LogP) is 2.69. The number of nitrogens with zero attached hydrogens (tertiary/aromatic N) is 3. The number of aromatic nitrogens is 1. The number of nitrogens with one attached hydrogen (secondary N) is 1. The van der Waals surface area contributed by atoms with Crippen LogP contribution in [0.5, 0.6) is 0 Å². The van der Waals surface area contributed by atoms with Gasteiger partial charge >= 0.3 is 6.03 Å². The van der Waals surface area contributed by atoms with Crippen LogP contribution in [0.15, 0.2) is 18.3 Å². The highest BCUT2D eigenvalue weighted by atomic mass is 16.2. The Morgan fingerprint density at radius 2 is 2.17 bits per heavy atom. The third-order valence-corrected chi connectivity index (χ3v) is 5.26. The molecule has 0 spiro atoms. The monoisotopic (exact) mass is 332 g/mol. The third-order valence-electron chi connectivity index (χ3n) is 5.26. The first kappa shape index (κ1) is 18.7. The quantitative estimate of drug-likeness (QED) is 0.871. The molecule has 24 heavy (non-hydrogen) atoms. The third kappa shape index (κ3) is 5.48. The summed E-state index contributed by atoms with van der Waals surface area (Å²) in [5, 5.41) is 3.08. The summed E-state index contributed by atoms with van der Waals surface area (Å²) < 4.78 is 0. The summed E-state index contributed by atoms with van der Waals surface area (Å²) in [4.78, 5) is 20.9. The maximum atomic E-state index is 12.3. The maximum absolute atomic E-state index is 12.3. The molecule has 1 saturated heterocycles. The number of rotatable bonds is 6. The van der Waals surface area contributed by atoms with E-state index in [1.165, 1.54) is 31.5 Å². The first-order valence-corrected chi connectivity index (χ1v) is 9.07. The van der Waals surface area contributed by atoms with E-state index in [1.807, 2.05) is 19.3 Å². The number of hydrogen-bond acceptors (Lipinski definition) is 3. The Bertz CT molecular complexity index is 526. The van der Waals surface area contributed by atoms with Crippen molar-refractivity contribution >= 4 is 6.03 Å². The van der Waals surface area contributed by atoms with Crippen LogP contribution >= 0.6 is 0 Å². The van der Waals surface area contributed by atoms with Gasteiger partial charge in [-0.2, -0.15) is 0 Å². The minimum absolute atomic E-state index is 0.0176. The molecule has 1 atom stereocenters. The van der Waals surface area contributed by atoms with Crippen LogP contribution in [0.25, 0.3) is 0 Å². The molecule has 0 bridgehead atoms. The number of carbonyl (C=O) groups excluding carboxylic acids is 1. The van der Waals surface area contributed by atoms with E-state index < -0.39 is 0 Å². The zero-order valence-corrected chi connectivity index (χ0v) is 15.6. The Balaban J connectivity index is 1.72. The molecule has 2 amide bonds. The smallest absolute Gasteiger partial charge is 0.317 e. The van der Waals surface area contributed by atoms with Crippen molar-refractivity contribution in [2.24, 2.45) is 5.92 Å². The van der Waals surface area contributed by atoms with Gasteiger partial charge in [-0.25, -0.2) is 4.79 Å². The summed E-state index contributed by atoms with van der Waals surface area (Å²) in [5.41, 5.74) is 2.25. The molecule has 1 aliphatic heterocycles. The van der Waals surface area contributed by atoms with Crippen molar-refractivity contribution in [3.63, 3.8) is 0 Å². The lowest BCUT2D eigenvalue weighted by Crippen LogP contribution is -2.44. The van der Waals surface area contributed by atoms with E-state index in [-0.39, 0.29) is 12.1 Å². The summed E-state index contributed by atoms with van der Waals surface area (Å²) in [5.74, 6) is 0.750. The Labute approximate surface area is 146 Å². The molecular weight excluding hydrogens is 300 g/mol. The van der Waals surface area contributed by atoms with Gasteiger partial charge in [0.15, 0.2) is 0 Å². The molecule has 0 unspecified atom stereocenters. The van der Waals surface area contributed by atoms with E-state index in [0.717, 1.165) is 31.0 Å². The molecule has 5 heteroatoms. The number of carbonyl (C=O) groups is 1. The average molecular weight is 332 g/mol. The van der Waals surface area contributed by atoms with Crippen LogP contribution in [-0.4, -0.2) is 60.6 Å². The SMILES string of the molecule is Cc1cccnc1C[C@H](C)N(C)C(=O)NCCC1CCN(C)CC1. The zero-order valence-electron chi connectivity index (χ0n) is 15.6. The van der Waals surface area contributed by atoms with Crippen molar-refractivity contribution < 1.29 is 4.79 Å². The number of likely N-dealkylation sites (N-methyl/N-ethyl adjacent to an activating group) is 1. The fraction of sp³-hybridized carbons (Fsp3) is 0.684. The van der Waals surface area contributed by atoms with Gasteiger partial charge < -0.3 is 15.1 Å². The number of likely N-dealkylation sites (tertiary alicyclic amines) is 1. The van der Waals surface area contributed by atoms with Crippen molar-refractivity contribution in [3.8, 4) is 0 Å². The van der Waals surface area contributed by atoms with Crippen LogP contribution in [0.2, 0.25) is 0 Å². The van der Waals surface area contributed by atoms with E-state index >= 15 is 0 Å². The molecule has 2 rings (SSSR count). The minimum atomic E-state index is 0.0176. The summed E-state index contributed by atoms with van der Waals surface area (Å²) in [7, 11) is 4.05. The second-order valence-corrected chi connectivity index (χ2v) is 7.20. The zero-order chi connectivity index (χ0) is 17.5. The van der Waals surface area contributed by atoms with Crippen molar-refractivity contribution in [3.05, 3.63) is 29.6 Å². The number of piperidine rings is 1. The Hall–Kier alpha value is -1.62. The highest BCUT2D eigenvalue weighted by Gasteiger charge is 2.19. The van der Waals surface area contributed by atoms with Crippen LogP contribution in [0.4, 0.5) is 4.79 Å². The largest absolute Gasteiger partial charge is 0.338 e. The first-order valence-electron chi connectivity index (χ1n) is 9.07. The van der Waals surface area contributed by atoms with Crippen molar-refractivity contribution in [1.29, 1.82) is 0 Å². The van der Waals surface area contributed by atoms with Gasteiger partial charge in [0, 0.05) is 37.9 Å². The van der Waals surface area contributed by atoms with E-state index in [2.05, 4.69) is 42.2 Å². The molecule has 0 radical (unpaired) electrons. The number of pyridine rings is 1. The minimum Gasteiger partial charge on any atom is -0.338 e. The molecule has 1 fully saturated rings. The standard InChI is InChI=1S/C19H32N4O/c1-15-6-5-10-20-18(15)14-16(2)23(4)19(24)21-11-7-17-8-12-22(3)13-9-17/h5-6,10,16-17H,7-9,11-14H2,1-4H3,(H,21,24)/t16-/m0/s1. The van der Waals surface area contributed by atoms with E-state index in [1.54, 1.807) is 4.90 Å². The molecule has 134 valence electrons. The van der Waals surface area contributed by atoms with Crippen LogP contribution in [0.3, 0.4) is 0 Å². The van der Waals surface area contributed by atoms with Crippen molar-refractivity contribution in [1.82, 2.24) is 20.1 Å². The van der Waals surface area contributed by atoms with E-state index in [9.17, 15) is 4.79 Å². The summed E-state index contributed by atoms with van der Waals surface area (Å²) >= 11 is 0. The molecular formula is C19H32N4O. The molecule has 0 aliphatic carbocycles. The highest BCUT2D eigenvalue weighted by molar-refractivity contribution is 5.74. The van der Waals surface area contributed by atoms with Crippen LogP contribution in [0, 0.1) is 12.8 Å². The number of urea groups is 1. The van der Waals surface area contributed by atoms with Gasteiger partial charge in [0.05, 0.1) is 0 Å². The lowest BCUT2D eigenvalue weighted by Gasteiger charge is -2.29. The fourth-order valence-electron chi connectivity index (χ4n) is 3.21. The topological polar surface area (TPSA) is 48.5 Å². The molecule has 1 N–H and O–H groups in total. The maximum Gasteiger partial charge on any atom is 0.317 e. The fourth-order valence-corrected chi connectivity index (χ4v) is 3.21. The Morgan fingerprint density at radius 3 is 2.83 bits per heavy atom. The first-order chi connectivity index (χ1) is 11.5. The van der Waals surface area contributed by atoms with Gasteiger partial charge in [-0.15, -0.1) is 0 Å². The molecule has 1 aromatic heterocycles. The number of amides is 2. The number of aryl methyl sites for hydroxylation is 1. The van der Waals surface area contributed by atoms with Gasteiger partial charge in [0.1, 0.15) is 0 Å². The Kier molecular flexibility index (Phi) is 7.03. The summed E-state index contributed by atoms with van der Waals surface area (Å²) in [6.45, 7) is 7.27. The molecule has 5 nitrogen and oxygen atoms in total. The molecule has 1 aromatic rings.